The Kier molecular flexibility index (Phi) is 5.32. The Bertz CT molecular complexity index is 945. The van der Waals surface area contributed by atoms with Gasteiger partial charge in [0.25, 0.3) is 5.91 Å². The lowest BCUT2D eigenvalue weighted by Crippen LogP contribution is -2.11. The number of aromatic nitrogens is 1. The van der Waals surface area contributed by atoms with Crippen molar-refractivity contribution in [2.45, 2.75) is 33.3 Å². The Morgan fingerprint density at radius 2 is 1.81 bits per heavy atom. The lowest BCUT2D eigenvalue weighted by atomic mass is 10.1. The van der Waals surface area contributed by atoms with Crippen LogP contribution in [0, 0.1) is 0 Å². The minimum absolute atomic E-state index is 0.173. The second-order valence-corrected chi connectivity index (χ2v) is 7.19. The third kappa shape index (κ3) is 4.08. The lowest BCUT2D eigenvalue weighted by Gasteiger charge is -2.07. The molecule has 1 aromatic heterocycles. The van der Waals surface area contributed by atoms with E-state index < -0.39 is 0 Å². The van der Waals surface area contributed by atoms with E-state index in [1.54, 1.807) is 18.2 Å². The first-order valence-electron chi connectivity index (χ1n) is 8.48. The molecule has 1 N–H and O–H groups in total. The van der Waals surface area contributed by atoms with E-state index in [-0.39, 0.29) is 18.0 Å². The van der Waals surface area contributed by atoms with E-state index >= 15 is 0 Å². The van der Waals surface area contributed by atoms with Crippen LogP contribution in [0.5, 0.6) is 0 Å². The molecule has 6 heteroatoms. The predicted molar refractivity (Wildman–Crippen MR) is 104 cm³/mol. The van der Waals surface area contributed by atoms with Crippen molar-refractivity contribution in [1.82, 2.24) is 4.98 Å². The van der Waals surface area contributed by atoms with Gasteiger partial charge in [-0.15, -0.1) is 0 Å². The third-order valence-electron chi connectivity index (χ3n) is 3.81. The zero-order chi connectivity index (χ0) is 18.7. The molecule has 134 valence electrons. The average Bonchev–Trinajstić information content (AvgIpc) is 3.02. The van der Waals surface area contributed by atoms with E-state index in [1.165, 1.54) is 16.9 Å². The molecule has 3 aromatic rings. The van der Waals surface area contributed by atoms with E-state index in [1.807, 2.05) is 38.1 Å². The van der Waals surface area contributed by atoms with Gasteiger partial charge in [0.15, 0.2) is 5.13 Å². The molecule has 0 saturated heterocycles. The van der Waals surface area contributed by atoms with Crippen molar-refractivity contribution in [2.24, 2.45) is 0 Å². The predicted octanol–water partition coefficient (Wildman–Crippen LogP) is 4.68. The Morgan fingerprint density at radius 1 is 1.12 bits per heavy atom. The summed E-state index contributed by atoms with van der Waals surface area (Å²) >= 11 is 1.33. The van der Waals surface area contributed by atoms with Gasteiger partial charge in [-0.05, 0) is 56.2 Å². The molecule has 0 aliphatic heterocycles. The smallest absolute Gasteiger partial charge is 0.338 e. The number of thiazole rings is 1. The number of ether oxygens (including phenoxy) is 1. The van der Waals surface area contributed by atoms with Gasteiger partial charge in [0.2, 0.25) is 0 Å². The van der Waals surface area contributed by atoms with Gasteiger partial charge in [0.1, 0.15) is 0 Å². The zero-order valence-electron chi connectivity index (χ0n) is 14.9. The number of hydrogen-bond donors (Lipinski definition) is 1. The number of carbonyl (C=O) groups is 2. The number of hydrogen-bond acceptors (Lipinski definition) is 5. The van der Waals surface area contributed by atoms with E-state index in [4.69, 9.17) is 4.74 Å². The van der Waals surface area contributed by atoms with Crippen molar-refractivity contribution in [3.63, 3.8) is 0 Å². The lowest BCUT2D eigenvalue weighted by molar-refractivity contribution is 0.0378. The first kappa shape index (κ1) is 18.1. The average molecular weight is 368 g/mol. The number of nitrogens with one attached hydrogen (secondary N) is 1. The highest BCUT2D eigenvalue weighted by molar-refractivity contribution is 7.22. The highest BCUT2D eigenvalue weighted by atomic mass is 32.1. The Morgan fingerprint density at radius 3 is 2.46 bits per heavy atom. The standard InChI is InChI=1S/C20H20N2O3S/c1-4-13-5-7-14(8-6-13)18(23)22-20-21-16-10-9-15(11-17(16)26-20)19(24)25-12(2)3/h5-12H,4H2,1-3H3,(H,21,22,23). The van der Waals surface area contributed by atoms with Crippen molar-refractivity contribution in [2.75, 3.05) is 5.32 Å². The summed E-state index contributed by atoms with van der Waals surface area (Å²) in [5.41, 5.74) is 2.97. The monoisotopic (exact) mass is 368 g/mol. The first-order valence-corrected chi connectivity index (χ1v) is 9.29. The van der Waals surface area contributed by atoms with Gasteiger partial charge in [-0.1, -0.05) is 30.4 Å². The number of carbonyl (C=O) groups excluding carboxylic acids is 2. The molecule has 1 heterocycles. The summed E-state index contributed by atoms with van der Waals surface area (Å²) in [7, 11) is 0. The highest BCUT2D eigenvalue weighted by Crippen LogP contribution is 2.27. The van der Waals surface area contributed by atoms with E-state index in [0.717, 1.165) is 16.6 Å². The van der Waals surface area contributed by atoms with Crippen molar-refractivity contribution in [3.8, 4) is 0 Å². The maximum Gasteiger partial charge on any atom is 0.338 e. The number of fused-ring (bicyclic) bond motifs is 1. The number of aryl methyl sites for hydroxylation is 1. The van der Waals surface area contributed by atoms with Crippen molar-refractivity contribution in [1.29, 1.82) is 0 Å². The molecular weight excluding hydrogens is 348 g/mol. The van der Waals surface area contributed by atoms with Crippen LogP contribution in [0.15, 0.2) is 42.5 Å². The molecule has 1 amide bonds. The quantitative estimate of drug-likeness (QED) is 0.664. The summed E-state index contributed by atoms with van der Waals surface area (Å²) in [5, 5.41) is 3.32. The molecule has 0 saturated carbocycles. The van der Waals surface area contributed by atoms with Gasteiger partial charge >= 0.3 is 5.97 Å². The van der Waals surface area contributed by atoms with Crippen LogP contribution >= 0.6 is 11.3 Å². The number of anilines is 1. The highest BCUT2D eigenvalue weighted by Gasteiger charge is 2.13. The first-order chi connectivity index (χ1) is 12.5. The number of rotatable bonds is 5. The molecule has 0 spiro atoms. The van der Waals surface area contributed by atoms with Gasteiger partial charge in [-0.3, -0.25) is 10.1 Å². The summed E-state index contributed by atoms with van der Waals surface area (Å²) in [6.07, 6.45) is 0.759. The summed E-state index contributed by atoms with van der Waals surface area (Å²) in [5.74, 6) is -0.567. The van der Waals surface area contributed by atoms with E-state index in [0.29, 0.717) is 16.3 Å². The summed E-state index contributed by atoms with van der Waals surface area (Å²) < 4.78 is 6.03. The third-order valence-corrected chi connectivity index (χ3v) is 4.75. The maximum absolute atomic E-state index is 12.4. The Balaban J connectivity index is 1.78. The Labute approximate surface area is 156 Å². The molecule has 0 atom stereocenters. The molecule has 0 unspecified atom stereocenters. The fourth-order valence-corrected chi connectivity index (χ4v) is 3.35. The molecule has 26 heavy (non-hydrogen) atoms. The van der Waals surface area contributed by atoms with E-state index in [9.17, 15) is 9.59 Å². The van der Waals surface area contributed by atoms with Crippen LogP contribution in [-0.2, 0) is 11.2 Å². The van der Waals surface area contributed by atoms with Crippen molar-refractivity contribution < 1.29 is 14.3 Å². The molecule has 0 fully saturated rings. The number of esters is 1. The second kappa shape index (κ2) is 7.66. The van der Waals surface area contributed by atoms with Crippen molar-refractivity contribution in [3.05, 3.63) is 59.2 Å². The molecule has 0 bridgehead atoms. The van der Waals surface area contributed by atoms with Crippen LogP contribution in [0.3, 0.4) is 0 Å². The van der Waals surface area contributed by atoms with Crippen LogP contribution in [0.1, 0.15) is 47.1 Å². The fraction of sp³-hybridized carbons (Fsp3) is 0.250. The van der Waals surface area contributed by atoms with Gasteiger partial charge in [0.05, 0.1) is 21.9 Å². The molecule has 0 radical (unpaired) electrons. The van der Waals surface area contributed by atoms with Crippen molar-refractivity contribution >= 4 is 38.6 Å². The van der Waals surface area contributed by atoms with Crippen LogP contribution < -0.4 is 5.32 Å². The molecule has 2 aromatic carbocycles. The van der Waals surface area contributed by atoms with Crippen LogP contribution in [-0.4, -0.2) is 23.0 Å². The fourth-order valence-electron chi connectivity index (χ4n) is 2.45. The molecule has 0 aliphatic carbocycles. The number of benzene rings is 2. The molecule has 0 aliphatic rings. The normalized spacial score (nSPS) is 10.9. The minimum atomic E-state index is -0.364. The number of amides is 1. The van der Waals surface area contributed by atoms with Crippen LogP contribution in [0.25, 0.3) is 10.2 Å². The minimum Gasteiger partial charge on any atom is -0.459 e. The van der Waals surface area contributed by atoms with Crippen LogP contribution in [0.4, 0.5) is 5.13 Å². The van der Waals surface area contributed by atoms with Gasteiger partial charge < -0.3 is 4.74 Å². The molecule has 5 nitrogen and oxygen atoms in total. The topological polar surface area (TPSA) is 68.3 Å². The molecular formula is C20H20N2O3S. The maximum atomic E-state index is 12.4. The molecule has 3 rings (SSSR count). The Hall–Kier alpha value is -2.73. The second-order valence-electron chi connectivity index (χ2n) is 6.16. The largest absolute Gasteiger partial charge is 0.459 e. The van der Waals surface area contributed by atoms with E-state index in [2.05, 4.69) is 17.2 Å². The SMILES string of the molecule is CCc1ccc(C(=O)Nc2nc3ccc(C(=O)OC(C)C)cc3s2)cc1. The number of nitrogens with zero attached hydrogens (tertiary/aromatic N) is 1. The van der Waals surface area contributed by atoms with Gasteiger partial charge in [-0.2, -0.15) is 0 Å². The van der Waals surface area contributed by atoms with Gasteiger partial charge in [-0.25, -0.2) is 9.78 Å². The zero-order valence-corrected chi connectivity index (χ0v) is 15.7. The van der Waals surface area contributed by atoms with Crippen LogP contribution in [0.2, 0.25) is 0 Å². The summed E-state index contributed by atoms with van der Waals surface area (Å²) in [6.45, 7) is 5.69. The summed E-state index contributed by atoms with van der Waals surface area (Å²) in [4.78, 5) is 28.8. The summed E-state index contributed by atoms with van der Waals surface area (Å²) in [6, 6.07) is 12.7. The van der Waals surface area contributed by atoms with Gasteiger partial charge in [0, 0.05) is 5.56 Å².